The first-order chi connectivity index (χ1) is 6.56. The van der Waals surface area contributed by atoms with Crippen LogP contribution in [-0.4, -0.2) is 5.94 Å². The van der Waals surface area contributed by atoms with Crippen molar-refractivity contribution in [1.82, 2.24) is 0 Å². The molecule has 1 atom stereocenters. The van der Waals surface area contributed by atoms with Gasteiger partial charge >= 0.3 is 95.8 Å². The molecule has 1 unspecified atom stereocenters. The topological polar surface area (TPSA) is 0 Å². The summed E-state index contributed by atoms with van der Waals surface area (Å²) in [4.78, 5) is 0. The molecule has 1 aliphatic carbocycles. The minimum Gasteiger partial charge on any atom is -1.00 e. The van der Waals surface area contributed by atoms with Gasteiger partial charge in [-0.1, -0.05) is 0 Å². The van der Waals surface area contributed by atoms with Crippen LogP contribution < -0.4 is 37.2 Å². The number of rotatable bonds is 2. The van der Waals surface area contributed by atoms with Crippen LogP contribution in [0, 0.1) is 0 Å². The van der Waals surface area contributed by atoms with Gasteiger partial charge in [0.25, 0.3) is 0 Å². The fraction of sp³-hybridized carbons (Fsp3) is 0.333. The first-order valence-electron chi connectivity index (χ1n) is 5.11. The Hall–Kier alpha value is 0.761. The van der Waals surface area contributed by atoms with Crippen molar-refractivity contribution in [2.45, 2.75) is 23.9 Å². The Morgan fingerprint density at radius 1 is 1.00 bits per heavy atom. The van der Waals surface area contributed by atoms with Crippen LogP contribution in [0.15, 0.2) is 30.3 Å². The van der Waals surface area contributed by atoms with Crippen molar-refractivity contribution in [1.29, 1.82) is 0 Å². The Balaban J connectivity index is 0. The van der Waals surface area contributed by atoms with Gasteiger partial charge in [-0.05, 0) is 0 Å². The van der Waals surface area contributed by atoms with E-state index in [4.69, 9.17) is 0 Å². The van der Waals surface area contributed by atoms with Gasteiger partial charge < -0.3 is 37.2 Å². The minimum atomic E-state index is -0.817. The summed E-state index contributed by atoms with van der Waals surface area (Å²) in [5.74, 6) is -0.817. The molecule has 0 saturated heterocycles. The monoisotopic (exact) mass is 341 g/mol. The van der Waals surface area contributed by atoms with E-state index in [-0.39, 0.29) is 55.6 Å². The molecule has 0 fully saturated rings. The Kier molecular flexibility index (Phi) is 9.50. The molecule has 17 heavy (non-hydrogen) atoms. The van der Waals surface area contributed by atoms with E-state index < -0.39 is 5.94 Å². The van der Waals surface area contributed by atoms with Crippen LogP contribution in [0.4, 0.5) is 0 Å². The predicted molar refractivity (Wildman–Crippen MR) is 61.6 cm³/mol. The Morgan fingerprint density at radius 2 is 1.59 bits per heavy atom. The molecule has 0 bridgehead atoms. The third kappa shape index (κ3) is 5.50. The summed E-state index contributed by atoms with van der Waals surface area (Å²) < 4.78 is 0.817. The SMILES string of the molecule is C[Si](C)(C)[Ti+3][CH]1C=Cc2ccccc21.[Cl-].[Cl-].[Cl-]. The Bertz CT molecular complexity index is 374. The molecule has 0 saturated carbocycles. The first kappa shape index (κ1) is 20.1. The fourth-order valence-electron chi connectivity index (χ4n) is 1.84. The molecule has 2 rings (SSSR count). The van der Waals surface area contributed by atoms with Crippen molar-refractivity contribution in [3.63, 3.8) is 0 Å². The zero-order valence-electron chi connectivity index (χ0n) is 10.2. The molecule has 93 valence electrons. The molecule has 0 N–H and O–H groups in total. The van der Waals surface area contributed by atoms with E-state index in [9.17, 15) is 0 Å². The van der Waals surface area contributed by atoms with E-state index in [0.717, 1.165) is 4.22 Å². The quantitative estimate of drug-likeness (QED) is 0.471. The van der Waals surface area contributed by atoms with E-state index in [1.54, 1.807) is 5.56 Å². The van der Waals surface area contributed by atoms with Gasteiger partial charge in [0.2, 0.25) is 0 Å². The van der Waals surface area contributed by atoms with Crippen molar-refractivity contribution >= 4 is 12.0 Å². The van der Waals surface area contributed by atoms with Crippen LogP contribution in [0.1, 0.15) is 15.3 Å². The summed E-state index contributed by atoms with van der Waals surface area (Å²) >= 11 is 0.200. The van der Waals surface area contributed by atoms with E-state index in [1.807, 2.05) is 0 Å². The first-order valence-corrected chi connectivity index (χ1v) is 11.9. The van der Waals surface area contributed by atoms with Crippen molar-refractivity contribution in [2.24, 2.45) is 0 Å². The Labute approximate surface area is 132 Å². The molecule has 0 heterocycles. The molecule has 0 nitrogen and oxygen atoms in total. The van der Waals surface area contributed by atoms with E-state index in [0.29, 0.717) is 0 Å². The number of halogens is 3. The second kappa shape index (κ2) is 8.04. The molecule has 0 aliphatic heterocycles. The molecule has 0 aromatic heterocycles. The van der Waals surface area contributed by atoms with E-state index >= 15 is 0 Å². The maximum Gasteiger partial charge on any atom is -1.00 e. The average molecular weight is 343 g/mol. The summed E-state index contributed by atoms with van der Waals surface area (Å²) in [7, 11) is 0. The maximum absolute atomic E-state index is 2.50. The number of hydrogen-bond donors (Lipinski definition) is 0. The second-order valence-corrected chi connectivity index (χ2v) is 19.0. The van der Waals surface area contributed by atoms with Gasteiger partial charge in [-0.15, -0.1) is 0 Å². The van der Waals surface area contributed by atoms with Crippen LogP contribution in [-0.2, 0) is 18.4 Å². The molecule has 1 aliphatic rings. The fourth-order valence-corrected chi connectivity index (χ4v) is 9.14. The van der Waals surface area contributed by atoms with Gasteiger partial charge in [0.15, 0.2) is 0 Å². The summed E-state index contributed by atoms with van der Waals surface area (Å²) in [5.41, 5.74) is 3.05. The predicted octanol–water partition coefficient (Wildman–Crippen LogP) is -5.32. The maximum atomic E-state index is 2.50. The van der Waals surface area contributed by atoms with Crippen LogP contribution in [0.5, 0.6) is 0 Å². The third-order valence-electron chi connectivity index (χ3n) is 2.39. The third-order valence-corrected chi connectivity index (χ3v) is 9.87. The number of fused-ring (bicyclic) bond motifs is 1. The molecule has 1 aromatic carbocycles. The van der Waals surface area contributed by atoms with Crippen LogP contribution in [0.25, 0.3) is 6.08 Å². The van der Waals surface area contributed by atoms with Gasteiger partial charge in [-0.25, -0.2) is 0 Å². The molecule has 0 amide bonds. The summed E-state index contributed by atoms with van der Waals surface area (Å²) in [6.07, 6.45) is 4.74. The van der Waals surface area contributed by atoms with Gasteiger partial charge in [0.1, 0.15) is 0 Å². The average Bonchev–Trinajstić information content (AvgIpc) is 2.47. The minimum absolute atomic E-state index is 0. The van der Waals surface area contributed by atoms with Crippen molar-refractivity contribution < 1.29 is 55.6 Å². The largest absolute Gasteiger partial charge is 1.00 e. The summed E-state index contributed by atoms with van der Waals surface area (Å²) in [5, 5.41) is 0. The van der Waals surface area contributed by atoms with Crippen molar-refractivity contribution in [3.05, 3.63) is 41.5 Å². The zero-order valence-corrected chi connectivity index (χ0v) is 15.0. The summed E-state index contributed by atoms with van der Waals surface area (Å²) in [6, 6.07) is 8.86. The molecule has 5 heteroatoms. The van der Waals surface area contributed by atoms with Crippen LogP contribution >= 0.6 is 0 Å². The molecular formula is C12H16Cl3SiTi. The molecular weight excluding hydrogens is 326 g/mol. The molecule has 0 radical (unpaired) electrons. The Morgan fingerprint density at radius 3 is 2.18 bits per heavy atom. The van der Waals surface area contributed by atoms with E-state index in [1.165, 1.54) is 5.56 Å². The van der Waals surface area contributed by atoms with Crippen molar-refractivity contribution in [2.75, 3.05) is 0 Å². The van der Waals surface area contributed by atoms with Crippen LogP contribution in [0.2, 0.25) is 19.6 Å². The number of allylic oxidation sites excluding steroid dienone is 1. The smallest absolute Gasteiger partial charge is 1.00 e. The van der Waals surface area contributed by atoms with Crippen LogP contribution in [0.3, 0.4) is 0 Å². The van der Waals surface area contributed by atoms with Gasteiger partial charge in [-0.3, -0.25) is 0 Å². The van der Waals surface area contributed by atoms with E-state index in [2.05, 4.69) is 56.1 Å². The summed E-state index contributed by atoms with van der Waals surface area (Å²) in [6.45, 7) is 7.51. The normalized spacial score (nSPS) is 15.8. The number of benzene rings is 1. The van der Waals surface area contributed by atoms with Gasteiger partial charge in [0.05, 0.1) is 0 Å². The number of hydrogen-bond acceptors (Lipinski definition) is 0. The zero-order chi connectivity index (χ0) is 10.2. The molecule has 1 aromatic rings. The van der Waals surface area contributed by atoms with Gasteiger partial charge in [-0.2, -0.15) is 0 Å². The second-order valence-electron chi connectivity index (χ2n) is 4.86. The standard InChI is InChI=1S/C9H7.C3H9Si.3ClH.Ti/c1-2-5-9-7-3-6-8(9)4-1;1-4(2)3;;;;/h1-7H;1-3H3;3*1H;/q;;;;;+3/p-3. The van der Waals surface area contributed by atoms with Crippen molar-refractivity contribution in [3.8, 4) is 0 Å². The van der Waals surface area contributed by atoms with Gasteiger partial charge in [0, 0.05) is 0 Å². The molecule has 0 spiro atoms.